The molecule has 3 saturated heterocycles. The maximum absolute atomic E-state index is 14.3. The van der Waals surface area contributed by atoms with Gasteiger partial charge in [0.1, 0.15) is 6.04 Å². The number of nitrogens with one attached hydrogen (secondary N) is 2. The standard InChI is InChI=1S/C27H36BrN3O4S/c1-2-13-29-24(33)20-21-26(35)31(19(15-32)16-9-5-3-6-10-16)23(27(21)14-18(28)22(20)36-27)25(34)30-17-11-7-4-8-12-17/h3,5-6,9-10,17-23,32H,2,4,7-8,11-15H2,1H3,(H,29,33)(H,30,34)/t18?,19-,20+,21+,22+,23?,27?/m1/s1. The van der Waals surface area contributed by atoms with Crippen LogP contribution in [0, 0.1) is 11.8 Å². The van der Waals surface area contributed by atoms with E-state index in [1.54, 1.807) is 16.7 Å². The second-order valence-corrected chi connectivity index (χ2v) is 13.4. The number of likely N-dealkylation sites (tertiary alicyclic amines) is 1. The topological polar surface area (TPSA) is 98.7 Å². The van der Waals surface area contributed by atoms with Crippen LogP contribution < -0.4 is 10.6 Å². The Morgan fingerprint density at radius 3 is 2.58 bits per heavy atom. The highest BCUT2D eigenvalue weighted by molar-refractivity contribution is 9.09. The zero-order valence-corrected chi connectivity index (χ0v) is 23.1. The molecule has 3 amide bonds. The van der Waals surface area contributed by atoms with Crippen LogP contribution >= 0.6 is 27.7 Å². The zero-order valence-electron chi connectivity index (χ0n) is 20.7. The predicted molar refractivity (Wildman–Crippen MR) is 144 cm³/mol. The van der Waals surface area contributed by atoms with Crippen LogP contribution in [0.1, 0.15) is 63.5 Å². The van der Waals surface area contributed by atoms with Gasteiger partial charge in [0, 0.05) is 22.7 Å². The molecule has 3 N–H and O–H groups in total. The molecule has 1 spiro atoms. The first-order valence-corrected chi connectivity index (χ1v) is 15.1. The summed E-state index contributed by atoms with van der Waals surface area (Å²) < 4.78 is -0.703. The molecule has 3 unspecified atom stereocenters. The highest BCUT2D eigenvalue weighted by atomic mass is 79.9. The summed E-state index contributed by atoms with van der Waals surface area (Å²) in [6, 6.07) is 8.15. The van der Waals surface area contributed by atoms with Gasteiger partial charge in [-0.05, 0) is 31.2 Å². The molecule has 0 radical (unpaired) electrons. The van der Waals surface area contributed by atoms with Crippen molar-refractivity contribution in [3.63, 3.8) is 0 Å². The minimum absolute atomic E-state index is 0.0400. The van der Waals surface area contributed by atoms with E-state index in [-0.39, 0.29) is 40.4 Å². The minimum atomic E-state index is -0.742. The molecule has 1 aliphatic carbocycles. The van der Waals surface area contributed by atoms with Gasteiger partial charge in [0.2, 0.25) is 17.7 Å². The third-order valence-corrected chi connectivity index (χ3v) is 11.7. The van der Waals surface area contributed by atoms with Crippen molar-refractivity contribution in [3.8, 4) is 0 Å². The number of rotatable bonds is 8. The van der Waals surface area contributed by atoms with E-state index in [1.807, 2.05) is 37.3 Å². The smallest absolute Gasteiger partial charge is 0.244 e. The summed E-state index contributed by atoms with van der Waals surface area (Å²) in [5.41, 5.74) is 0.794. The van der Waals surface area contributed by atoms with Crippen molar-refractivity contribution in [2.75, 3.05) is 13.2 Å². The van der Waals surface area contributed by atoms with Crippen molar-refractivity contribution in [2.24, 2.45) is 11.8 Å². The summed E-state index contributed by atoms with van der Waals surface area (Å²) in [4.78, 5) is 43.4. The summed E-state index contributed by atoms with van der Waals surface area (Å²) in [5, 5.41) is 16.8. The highest BCUT2D eigenvalue weighted by Crippen LogP contribution is 2.68. The van der Waals surface area contributed by atoms with E-state index in [0.29, 0.717) is 13.0 Å². The lowest BCUT2D eigenvalue weighted by atomic mass is 9.70. The van der Waals surface area contributed by atoms with Gasteiger partial charge in [-0.15, -0.1) is 11.8 Å². The number of amides is 3. The lowest BCUT2D eigenvalue weighted by molar-refractivity contribution is -0.143. The number of halogens is 1. The molecular weight excluding hydrogens is 542 g/mol. The van der Waals surface area contributed by atoms with Crippen molar-refractivity contribution in [3.05, 3.63) is 35.9 Å². The van der Waals surface area contributed by atoms with Crippen molar-refractivity contribution in [1.29, 1.82) is 0 Å². The third kappa shape index (κ3) is 4.29. The Morgan fingerprint density at radius 1 is 1.19 bits per heavy atom. The molecule has 1 saturated carbocycles. The Morgan fingerprint density at radius 2 is 1.92 bits per heavy atom. The number of aliphatic hydroxyl groups excluding tert-OH is 1. The van der Waals surface area contributed by atoms with Crippen LogP contribution in [-0.2, 0) is 14.4 Å². The first-order chi connectivity index (χ1) is 17.4. The van der Waals surface area contributed by atoms with Gasteiger partial charge in [-0.2, -0.15) is 0 Å². The molecule has 3 aliphatic heterocycles. The number of alkyl halides is 1. The molecule has 7 nitrogen and oxygen atoms in total. The molecule has 7 atom stereocenters. The maximum atomic E-state index is 14.3. The maximum Gasteiger partial charge on any atom is 0.244 e. The Balaban J connectivity index is 1.55. The SMILES string of the molecule is CCCNC(=O)[C@H]1[C@H]2C(=O)N([C@H](CO)c3ccccc3)C(C(=O)NC3CCCCC3)C23CC(Br)[C@@H]1S3. The fourth-order valence-corrected chi connectivity index (χ4v) is 10.5. The van der Waals surface area contributed by atoms with Gasteiger partial charge < -0.3 is 20.6 Å². The van der Waals surface area contributed by atoms with Crippen molar-refractivity contribution >= 4 is 45.4 Å². The second-order valence-electron chi connectivity index (χ2n) is 10.7. The van der Waals surface area contributed by atoms with E-state index >= 15 is 0 Å². The molecule has 0 aromatic heterocycles. The number of carbonyl (C=O) groups excluding carboxylic acids is 3. The summed E-state index contributed by atoms with van der Waals surface area (Å²) in [7, 11) is 0. The number of hydrogen-bond donors (Lipinski definition) is 3. The summed E-state index contributed by atoms with van der Waals surface area (Å²) >= 11 is 5.45. The Hall–Kier alpha value is -1.58. The van der Waals surface area contributed by atoms with Gasteiger partial charge in [-0.25, -0.2) is 0 Å². The molecule has 1 aromatic rings. The van der Waals surface area contributed by atoms with Crippen molar-refractivity contribution in [2.45, 2.75) is 84.8 Å². The monoisotopic (exact) mass is 577 g/mol. The first kappa shape index (κ1) is 26.0. The molecule has 4 fully saturated rings. The third-order valence-electron chi connectivity index (χ3n) is 8.47. The average molecular weight is 579 g/mol. The Labute approximate surface area is 225 Å². The molecule has 36 heavy (non-hydrogen) atoms. The van der Waals surface area contributed by atoms with Gasteiger partial charge >= 0.3 is 0 Å². The summed E-state index contributed by atoms with van der Waals surface area (Å²) in [6.07, 6.45) is 6.72. The largest absolute Gasteiger partial charge is 0.394 e. The van der Waals surface area contributed by atoms with Crippen LogP contribution in [0.25, 0.3) is 0 Å². The molecule has 5 rings (SSSR count). The van der Waals surface area contributed by atoms with Crippen LogP contribution in [0.2, 0.25) is 0 Å². The van der Waals surface area contributed by atoms with Crippen LogP contribution in [0.15, 0.2) is 30.3 Å². The lowest BCUT2D eigenvalue weighted by Crippen LogP contribution is -2.57. The lowest BCUT2D eigenvalue weighted by Gasteiger charge is -2.38. The molecule has 9 heteroatoms. The number of carbonyl (C=O) groups is 3. The molecule has 2 bridgehead atoms. The van der Waals surface area contributed by atoms with E-state index in [0.717, 1.165) is 37.7 Å². The van der Waals surface area contributed by atoms with E-state index < -0.39 is 28.7 Å². The molecule has 4 aliphatic rings. The van der Waals surface area contributed by atoms with Crippen molar-refractivity contribution in [1.82, 2.24) is 15.5 Å². The number of nitrogens with zero attached hydrogens (tertiary/aromatic N) is 1. The van der Waals surface area contributed by atoms with E-state index in [9.17, 15) is 19.5 Å². The molecule has 1 aromatic carbocycles. The predicted octanol–water partition coefficient (Wildman–Crippen LogP) is 3.16. The number of aliphatic hydroxyl groups is 1. The summed E-state index contributed by atoms with van der Waals surface area (Å²) in [6.45, 7) is 2.28. The number of benzene rings is 1. The van der Waals surface area contributed by atoms with Gasteiger partial charge in [-0.1, -0.05) is 72.4 Å². The number of fused-ring (bicyclic) bond motifs is 1. The molecular formula is C27H36BrN3O4S. The minimum Gasteiger partial charge on any atom is -0.394 e. The van der Waals surface area contributed by atoms with Crippen LogP contribution in [-0.4, -0.2) is 67.8 Å². The van der Waals surface area contributed by atoms with E-state index in [4.69, 9.17) is 0 Å². The van der Waals surface area contributed by atoms with E-state index in [1.165, 1.54) is 6.42 Å². The second kappa shape index (κ2) is 10.7. The number of hydrogen-bond acceptors (Lipinski definition) is 5. The van der Waals surface area contributed by atoms with Crippen LogP contribution in [0.4, 0.5) is 0 Å². The van der Waals surface area contributed by atoms with Gasteiger partial charge in [0.05, 0.1) is 29.2 Å². The van der Waals surface area contributed by atoms with Gasteiger partial charge in [0.15, 0.2) is 0 Å². The van der Waals surface area contributed by atoms with Crippen molar-refractivity contribution < 1.29 is 19.5 Å². The Bertz CT molecular complexity index is 990. The quantitative estimate of drug-likeness (QED) is 0.412. The van der Waals surface area contributed by atoms with E-state index in [2.05, 4.69) is 26.6 Å². The average Bonchev–Trinajstić information content (AvgIpc) is 3.48. The molecule has 3 heterocycles. The van der Waals surface area contributed by atoms with Crippen LogP contribution in [0.3, 0.4) is 0 Å². The Kier molecular flexibility index (Phi) is 7.71. The normalized spacial score (nSPS) is 34.5. The highest BCUT2D eigenvalue weighted by Gasteiger charge is 2.76. The first-order valence-electron chi connectivity index (χ1n) is 13.3. The summed E-state index contributed by atoms with van der Waals surface area (Å²) in [5.74, 6) is -1.52. The van der Waals surface area contributed by atoms with Gasteiger partial charge in [-0.3, -0.25) is 14.4 Å². The number of thioether (sulfide) groups is 1. The molecule has 196 valence electrons. The fraction of sp³-hybridized carbons (Fsp3) is 0.667. The zero-order chi connectivity index (χ0) is 25.4. The van der Waals surface area contributed by atoms with Crippen LogP contribution in [0.5, 0.6) is 0 Å². The fourth-order valence-electron chi connectivity index (χ4n) is 6.93. The van der Waals surface area contributed by atoms with Gasteiger partial charge in [0.25, 0.3) is 0 Å².